The quantitative estimate of drug-likeness (QED) is 0.534. The molecule has 6 nitrogen and oxygen atoms in total. The average Bonchev–Trinajstić information content (AvgIpc) is 3.26. The largest absolute Gasteiger partial charge is 0.495 e. The number of methoxy groups -OCH3 is 1. The number of amides is 2. The number of nitrogens with one attached hydrogen (secondary N) is 2. The Bertz CT molecular complexity index is 1110. The van der Waals surface area contributed by atoms with E-state index in [1.54, 1.807) is 7.11 Å². The molecule has 1 fully saturated rings. The molecule has 2 amide bonds. The molecule has 1 heterocycles. The molecule has 33 heavy (non-hydrogen) atoms. The first-order valence-electron chi connectivity index (χ1n) is 11.2. The number of benzene rings is 3. The first kappa shape index (κ1) is 22.6. The van der Waals surface area contributed by atoms with Gasteiger partial charge in [-0.05, 0) is 54.3 Å². The minimum atomic E-state index is -0.545. The maximum absolute atomic E-state index is 13.3. The van der Waals surface area contributed by atoms with Gasteiger partial charge in [-0.1, -0.05) is 48.5 Å². The van der Waals surface area contributed by atoms with Crippen LogP contribution in [0.3, 0.4) is 0 Å². The van der Waals surface area contributed by atoms with Crippen molar-refractivity contribution in [1.29, 1.82) is 0 Å². The molecule has 3 aromatic rings. The van der Waals surface area contributed by atoms with Gasteiger partial charge in [0.2, 0.25) is 11.8 Å². The van der Waals surface area contributed by atoms with E-state index in [9.17, 15) is 9.59 Å². The van der Waals surface area contributed by atoms with Gasteiger partial charge < -0.3 is 15.0 Å². The zero-order chi connectivity index (χ0) is 23.2. The number of aryl methyl sites for hydroxylation is 1. The van der Waals surface area contributed by atoms with Crippen molar-refractivity contribution in [3.63, 3.8) is 0 Å². The van der Waals surface area contributed by atoms with E-state index in [-0.39, 0.29) is 11.8 Å². The van der Waals surface area contributed by atoms with Crippen molar-refractivity contribution in [1.82, 2.24) is 5.32 Å². The summed E-state index contributed by atoms with van der Waals surface area (Å²) in [6, 6.07) is 22.7. The highest BCUT2D eigenvalue weighted by Crippen LogP contribution is 2.27. The second-order valence-corrected chi connectivity index (χ2v) is 8.23. The number of nitrogens with zero attached hydrogens (tertiary/aromatic N) is 1. The second kappa shape index (κ2) is 10.3. The van der Waals surface area contributed by atoms with Crippen molar-refractivity contribution in [2.45, 2.75) is 32.4 Å². The smallest absolute Gasteiger partial charge is 0.246 e. The third-order valence-corrected chi connectivity index (χ3v) is 5.84. The zero-order valence-corrected chi connectivity index (χ0v) is 19.0. The fraction of sp³-hybridized carbons (Fsp3) is 0.259. The molecule has 0 saturated carbocycles. The van der Waals surface area contributed by atoms with Crippen LogP contribution >= 0.6 is 0 Å². The molecule has 0 spiro atoms. The van der Waals surface area contributed by atoms with Crippen LogP contribution in [0, 0.1) is 6.92 Å². The van der Waals surface area contributed by atoms with Gasteiger partial charge in [-0.2, -0.15) is 0 Å². The molecule has 2 N–H and O–H groups in total. The number of carbonyl (C=O) groups is 2. The van der Waals surface area contributed by atoms with E-state index < -0.39 is 6.04 Å². The van der Waals surface area contributed by atoms with Gasteiger partial charge in [0.1, 0.15) is 11.8 Å². The van der Waals surface area contributed by atoms with E-state index in [1.807, 2.05) is 84.6 Å². The van der Waals surface area contributed by atoms with Crippen molar-refractivity contribution in [2.75, 3.05) is 23.9 Å². The Labute approximate surface area is 194 Å². The number of carbonyl (C=O) groups excluding carboxylic acids is 2. The number of hydrogen-bond donors (Lipinski definition) is 2. The van der Waals surface area contributed by atoms with Gasteiger partial charge in [-0.25, -0.2) is 0 Å². The highest BCUT2D eigenvalue weighted by molar-refractivity contribution is 5.97. The van der Waals surface area contributed by atoms with Crippen LogP contribution in [0.25, 0.3) is 0 Å². The van der Waals surface area contributed by atoms with E-state index in [2.05, 4.69) is 10.6 Å². The van der Waals surface area contributed by atoms with Crippen molar-refractivity contribution in [3.8, 4) is 5.75 Å². The molecule has 1 unspecified atom stereocenters. The maximum Gasteiger partial charge on any atom is 0.246 e. The molecular weight excluding hydrogens is 414 g/mol. The maximum atomic E-state index is 13.3. The van der Waals surface area contributed by atoms with E-state index in [0.29, 0.717) is 24.4 Å². The van der Waals surface area contributed by atoms with Crippen LogP contribution in [0.2, 0.25) is 0 Å². The molecule has 1 atom stereocenters. The molecule has 4 rings (SSSR count). The number of ether oxygens (including phenoxy) is 1. The molecule has 0 aromatic heterocycles. The summed E-state index contributed by atoms with van der Waals surface area (Å²) in [7, 11) is 1.59. The fourth-order valence-electron chi connectivity index (χ4n) is 4.07. The molecule has 0 bridgehead atoms. The third-order valence-electron chi connectivity index (χ3n) is 5.84. The summed E-state index contributed by atoms with van der Waals surface area (Å²) in [5, 5.41) is 6.41. The van der Waals surface area contributed by atoms with E-state index in [1.165, 1.54) is 0 Å². The summed E-state index contributed by atoms with van der Waals surface area (Å²) >= 11 is 0. The molecule has 3 aromatic carbocycles. The van der Waals surface area contributed by atoms with Crippen molar-refractivity contribution < 1.29 is 14.3 Å². The Kier molecular flexibility index (Phi) is 7.05. The van der Waals surface area contributed by atoms with Crippen LogP contribution in [-0.4, -0.2) is 25.5 Å². The van der Waals surface area contributed by atoms with Crippen molar-refractivity contribution in [2.24, 2.45) is 0 Å². The average molecular weight is 444 g/mol. The Morgan fingerprint density at radius 1 is 1.06 bits per heavy atom. The SMILES string of the molecule is COc1ccc(C)cc1NC(=O)C(NCc1ccc(N2CCCC2=O)cc1)c1ccccc1. The fourth-order valence-corrected chi connectivity index (χ4v) is 4.07. The van der Waals surface area contributed by atoms with Crippen LogP contribution in [0.15, 0.2) is 72.8 Å². The summed E-state index contributed by atoms with van der Waals surface area (Å²) in [5.41, 5.74) is 4.51. The standard InChI is InChI=1S/C27H29N3O3/c1-19-10-15-24(33-2)23(17-19)29-27(32)26(21-7-4-3-5-8-21)28-18-20-11-13-22(14-12-20)30-16-6-9-25(30)31/h3-5,7-8,10-15,17,26,28H,6,9,16,18H2,1-2H3,(H,29,32). The Balaban J connectivity index is 1.49. The predicted octanol–water partition coefficient (Wildman–Crippen LogP) is 4.60. The van der Waals surface area contributed by atoms with E-state index >= 15 is 0 Å². The lowest BCUT2D eigenvalue weighted by molar-refractivity contribution is -0.118. The first-order valence-corrected chi connectivity index (χ1v) is 11.2. The molecule has 170 valence electrons. The minimum absolute atomic E-state index is 0.163. The number of rotatable bonds is 8. The number of anilines is 2. The van der Waals surface area contributed by atoms with Crippen LogP contribution in [0.4, 0.5) is 11.4 Å². The van der Waals surface area contributed by atoms with Crippen LogP contribution in [0.1, 0.15) is 35.6 Å². The monoisotopic (exact) mass is 443 g/mol. The van der Waals surface area contributed by atoms with Crippen LogP contribution in [-0.2, 0) is 16.1 Å². The van der Waals surface area contributed by atoms with Gasteiger partial charge in [0.05, 0.1) is 12.8 Å². The molecule has 1 saturated heterocycles. The topological polar surface area (TPSA) is 70.7 Å². The minimum Gasteiger partial charge on any atom is -0.495 e. The second-order valence-electron chi connectivity index (χ2n) is 8.23. The molecule has 1 aliphatic rings. The summed E-state index contributed by atoms with van der Waals surface area (Å²) in [4.78, 5) is 27.1. The van der Waals surface area contributed by atoms with E-state index in [0.717, 1.165) is 35.3 Å². The molecular formula is C27H29N3O3. The molecule has 1 aliphatic heterocycles. The summed E-state index contributed by atoms with van der Waals surface area (Å²) in [5.74, 6) is 0.630. The van der Waals surface area contributed by atoms with Gasteiger partial charge in [0.15, 0.2) is 0 Å². The molecule has 0 aliphatic carbocycles. The first-order chi connectivity index (χ1) is 16.0. The van der Waals surface area contributed by atoms with Gasteiger partial charge in [-0.15, -0.1) is 0 Å². The summed E-state index contributed by atoms with van der Waals surface area (Å²) < 4.78 is 5.41. The zero-order valence-electron chi connectivity index (χ0n) is 19.0. The van der Waals surface area contributed by atoms with Crippen molar-refractivity contribution >= 4 is 23.2 Å². The lowest BCUT2D eigenvalue weighted by atomic mass is 10.0. The van der Waals surface area contributed by atoms with Crippen molar-refractivity contribution in [3.05, 3.63) is 89.5 Å². The highest BCUT2D eigenvalue weighted by atomic mass is 16.5. The van der Waals surface area contributed by atoms with Crippen LogP contribution < -0.4 is 20.3 Å². The number of hydrogen-bond acceptors (Lipinski definition) is 4. The third kappa shape index (κ3) is 5.41. The Morgan fingerprint density at radius 3 is 2.48 bits per heavy atom. The lowest BCUT2D eigenvalue weighted by Crippen LogP contribution is -2.33. The van der Waals surface area contributed by atoms with Gasteiger partial charge in [0.25, 0.3) is 0 Å². The highest BCUT2D eigenvalue weighted by Gasteiger charge is 2.23. The Morgan fingerprint density at radius 2 is 1.82 bits per heavy atom. The normalized spacial score (nSPS) is 14.2. The van der Waals surface area contributed by atoms with E-state index in [4.69, 9.17) is 4.74 Å². The van der Waals surface area contributed by atoms with Gasteiger partial charge in [-0.3, -0.25) is 14.9 Å². The van der Waals surface area contributed by atoms with Gasteiger partial charge in [0, 0.05) is 25.2 Å². The molecule has 6 heteroatoms. The van der Waals surface area contributed by atoms with Crippen LogP contribution in [0.5, 0.6) is 5.75 Å². The summed E-state index contributed by atoms with van der Waals surface area (Å²) in [6.07, 6.45) is 1.52. The van der Waals surface area contributed by atoms with Gasteiger partial charge >= 0.3 is 0 Å². The Hall–Kier alpha value is -3.64. The lowest BCUT2D eigenvalue weighted by Gasteiger charge is -2.21. The predicted molar refractivity (Wildman–Crippen MR) is 130 cm³/mol. The summed E-state index contributed by atoms with van der Waals surface area (Å²) in [6.45, 7) is 3.25. The molecule has 0 radical (unpaired) electrons.